The van der Waals surface area contributed by atoms with Gasteiger partial charge in [-0.1, -0.05) is 49.6 Å². The normalized spacial score (nSPS) is 14.6. The molecule has 35 heavy (non-hydrogen) atoms. The lowest BCUT2D eigenvalue weighted by Gasteiger charge is -2.31. The van der Waals surface area contributed by atoms with Crippen LogP contribution in [0.4, 0.5) is 5.69 Å². The molecular weight excluding hydrogens is 450 g/mol. The zero-order valence-corrected chi connectivity index (χ0v) is 20.3. The van der Waals surface area contributed by atoms with Crippen LogP contribution in [0.2, 0.25) is 0 Å². The number of nitrogens with zero attached hydrogens (tertiary/aromatic N) is 2. The summed E-state index contributed by atoms with van der Waals surface area (Å²) >= 11 is 0. The first-order valence-electron chi connectivity index (χ1n) is 12.0. The Morgan fingerprint density at radius 3 is 2.51 bits per heavy atom. The first-order chi connectivity index (χ1) is 16.9. The van der Waals surface area contributed by atoms with Gasteiger partial charge in [-0.15, -0.1) is 0 Å². The summed E-state index contributed by atoms with van der Waals surface area (Å²) in [6.07, 6.45) is 5.90. The summed E-state index contributed by atoms with van der Waals surface area (Å²) < 4.78 is 10.7. The number of nitro benzene ring substituents is 1. The molecule has 0 radical (unpaired) electrons. The van der Waals surface area contributed by atoms with E-state index in [1.54, 1.807) is 6.92 Å². The van der Waals surface area contributed by atoms with Crippen LogP contribution in [-0.4, -0.2) is 54.0 Å². The number of nitro groups is 1. The van der Waals surface area contributed by atoms with Gasteiger partial charge in [-0.25, -0.2) is 0 Å². The molecule has 1 saturated carbocycles. The first kappa shape index (κ1) is 26.0. The van der Waals surface area contributed by atoms with Gasteiger partial charge in [-0.05, 0) is 37.8 Å². The molecule has 0 aliphatic heterocycles. The molecule has 0 spiro atoms. The van der Waals surface area contributed by atoms with Crippen molar-refractivity contribution >= 4 is 17.5 Å². The average molecular weight is 484 g/mol. The fourth-order valence-corrected chi connectivity index (χ4v) is 4.27. The second-order valence-corrected chi connectivity index (χ2v) is 8.72. The third-order valence-electron chi connectivity index (χ3n) is 6.31. The van der Waals surface area contributed by atoms with Crippen LogP contribution in [0.3, 0.4) is 0 Å². The van der Waals surface area contributed by atoms with E-state index in [9.17, 15) is 19.7 Å². The van der Waals surface area contributed by atoms with E-state index >= 15 is 0 Å². The van der Waals surface area contributed by atoms with Gasteiger partial charge >= 0.3 is 5.69 Å². The van der Waals surface area contributed by atoms with Gasteiger partial charge in [-0.3, -0.25) is 19.7 Å². The molecule has 3 rings (SSSR count). The minimum absolute atomic E-state index is 0.0427. The monoisotopic (exact) mass is 483 g/mol. The number of hydrogen-bond acceptors (Lipinski definition) is 6. The van der Waals surface area contributed by atoms with E-state index in [0.29, 0.717) is 13.0 Å². The van der Waals surface area contributed by atoms with Gasteiger partial charge in [-0.2, -0.15) is 0 Å². The molecule has 0 saturated heterocycles. The van der Waals surface area contributed by atoms with Gasteiger partial charge in [0, 0.05) is 24.7 Å². The number of benzene rings is 2. The second-order valence-electron chi connectivity index (χ2n) is 8.72. The Morgan fingerprint density at radius 2 is 1.86 bits per heavy atom. The SMILES string of the molecule is COc1cc(OCC(=O)N(CCc2ccccc2)[C@@H](C)C(=O)NC2CCCCC2)ccc1[N+](=O)[O-]. The van der Waals surface area contributed by atoms with E-state index in [1.165, 1.54) is 36.6 Å². The Labute approximate surface area is 205 Å². The maximum Gasteiger partial charge on any atom is 0.311 e. The summed E-state index contributed by atoms with van der Waals surface area (Å²) in [6.45, 7) is 1.78. The van der Waals surface area contributed by atoms with Crippen molar-refractivity contribution in [3.05, 3.63) is 64.2 Å². The van der Waals surface area contributed by atoms with Crippen LogP contribution < -0.4 is 14.8 Å². The number of hydrogen-bond donors (Lipinski definition) is 1. The number of nitrogens with one attached hydrogen (secondary N) is 1. The maximum atomic E-state index is 13.2. The Morgan fingerprint density at radius 1 is 1.14 bits per heavy atom. The highest BCUT2D eigenvalue weighted by molar-refractivity contribution is 5.88. The van der Waals surface area contributed by atoms with Crippen LogP contribution in [0.15, 0.2) is 48.5 Å². The van der Waals surface area contributed by atoms with Crippen molar-refractivity contribution in [2.75, 3.05) is 20.3 Å². The van der Waals surface area contributed by atoms with Crippen molar-refractivity contribution in [2.24, 2.45) is 0 Å². The number of amides is 2. The van der Waals surface area contributed by atoms with Gasteiger partial charge in [0.15, 0.2) is 6.61 Å². The van der Waals surface area contributed by atoms with Crippen molar-refractivity contribution in [3.8, 4) is 11.5 Å². The maximum absolute atomic E-state index is 13.2. The lowest BCUT2D eigenvalue weighted by Crippen LogP contribution is -2.52. The van der Waals surface area contributed by atoms with Gasteiger partial charge in [0.25, 0.3) is 5.91 Å². The third-order valence-corrected chi connectivity index (χ3v) is 6.31. The molecule has 0 unspecified atom stereocenters. The smallest absolute Gasteiger partial charge is 0.311 e. The Kier molecular flexibility index (Phi) is 9.46. The van der Waals surface area contributed by atoms with E-state index in [1.807, 2.05) is 30.3 Å². The van der Waals surface area contributed by atoms with Crippen molar-refractivity contribution in [1.82, 2.24) is 10.2 Å². The van der Waals surface area contributed by atoms with E-state index in [-0.39, 0.29) is 41.6 Å². The summed E-state index contributed by atoms with van der Waals surface area (Å²) in [5, 5.41) is 14.2. The fourth-order valence-electron chi connectivity index (χ4n) is 4.27. The highest BCUT2D eigenvalue weighted by atomic mass is 16.6. The van der Waals surface area contributed by atoms with Crippen LogP contribution in [0, 0.1) is 10.1 Å². The summed E-state index contributed by atoms with van der Waals surface area (Å²) in [4.78, 5) is 38.3. The molecule has 0 bridgehead atoms. The lowest BCUT2D eigenvalue weighted by molar-refractivity contribution is -0.385. The van der Waals surface area contributed by atoms with Crippen LogP contribution in [0.5, 0.6) is 11.5 Å². The van der Waals surface area contributed by atoms with Gasteiger partial charge in [0.1, 0.15) is 11.8 Å². The van der Waals surface area contributed by atoms with E-state index in [2.05, 4.69) is 5.32 Å². The quantitative estimate of drug-likeness (QED) is 0.383. The summed E-state index contributed by atoms with van der Waals surface area (Å²) in [5.74, 6) is -0.205. The molecule has 9 nitrogen and oxygen atoms in total. The minimum atomic E-state index is -0.664. The largest absolute Gasteiger partial charge is 0.490 e. The lowest BCUT2D eigenvalue weighted by atomic mass is 9.95. The summed E-state index contributed by atoms with van der Waals surface area (Å²) in [7, 11) is 1.33. The number of ether oxygens (including phenoxy) is 2. The molecule has 9 heteroatoms. The minimum Gasteiger partial charge on any atom is -0.490 e. The molecule has 2 amide bonds. The van der Waals surface area contributed by atoms with E-state index in [0.717, 1.165) is 31.2 Å². The van der Waals surface area contributed by atoms with Crippen LogP contribution in [0.1, 0.15) is 44.6 Å². The molecule has 1 fully saturated rings. The van der Waals surface area contributed by atoms with Gasteiger partial charge in [0.2, 0.25) is 11.7 Å². The molecule has 1 atom stereocenters. The van der Waals surface area contributed by atoms with Gasteiger partial charge in [0.05, 0.1) is 12.0 Å². The Hall–Kier alpha value is -3.62. The van der Waals surface area contributed by atoms with Crippen molar-refractivity contribution in [1.29, 1.82) is 0 Å². The van der Waals surface area contributed by atoms with Crippen LogP contribution >= 0.6 is 0 Å². The third kappa shape index (κ3) is 7.43. The van der Waals surface area contributed by atoms with Crippen molar-refractivity contribution in [3.63, 3.8) is 0 Å². The van der Waals surface area contributed by atoms with Crippen LogP contribution in [-0.2, 0) is 16.0 Å². The molecule has 2 aromatic rings. The van der Waals surface area contributed by atoms with E-state index in [4.69, 9.17) is 9.47 Å². The predicted octanol–water partition coefficient (Wildman–Crippen LogP) is 3.89. The first-order valence-corrected chi connectivity index (χ1v) is 12.0. The topological polar surface area (TPSA) is 111 Å². The zero-order chi connectivity index (χ0) is 25.2. The summed E-state index contributed by atoms with van der Waals surface area (Å²) in [5.41, 5.74) is 0.870. The number of rotatable bonds is 11. The average Bonchev–Trinajstić information content (AvgIpc) is 2.88. The second kappa shape index (κ2) is 12.7. The van der Waals surface area contributed by atoms with Crippen LogP contribution in [0.25, 0.3) is 0 Å². The predicted molar refractivity (Wildman–Crippen MR) is 131 cm³/mol. The van der Waals surface area contributed by atoms with Crippen molar-refractivity contribution in [2.45, 2.75) is 57.5 Å². The Bertz CT molecular complexity index is 1010. The van der Waals surface area contributed by atoms with E-state index < -0.39 is 11.0 Å². The Balaban J connectivity index is 1.68. The number of methoxy groups -OCH3 is 1. The molecule has 1 aliphatic rings. The highest BCUT2D eigenvalue weighted by Crippen LogP contribution is 2.30. The number of carbonyl (C=O) groups is 2. The summed E-state index contributed by atoms with van der Waals surface area (Å²) in [6, 6.07) is 13.3. The van der Waals surface area contributed by atoms with Crippen molar-refractivity contribution < 1.29 is 24.0 Å². The number of carbonyl (C=O) groups excluding carboxylic acids is 2. The molecule has 1 N–H and O–H groups in total. The molecule has 0 aromatic heterocycles. The fraction of sp³-hybridized carbons (Fsp3) is 0.462. The molecule has 1 aliphatic carbocycles. The molecule has 2 aromatic carbocycles. The van der Waals surface area contributed by atoms with Gasteiger partial charge < -0.3 is 19.7 Å². The standard InChI is InChI=1S/C26H33N3O6/c1-19(26(31)27-21-11-7-4-8-12-21)28(16-15-20-9-5-3-6-10-20)25(30)18-35-22-13-14-23(29(32)33)24(17-22)34-2/h3,5-6,9-10,13-14,17,19,21H,4,7-8,11-12,15-16,18H2,1-2H3,(H,27,31)/t19-/m0/s1. The zero-order valence-electron chi connectivity index (χ0n) is 20.3. The molecule has 188 valence electrons. The molecule has 0 heterocycles. The molecular formula is C26H33N3O6. The highest BCUT2D eigenvalue weighted by Gasteiger charge is 2.28.